The predicted molar refractivity (Wildman–Crippen MR) is 121 cm³/mol. The summed E-state index contributed by atoms with van der Waals surface area (Å²) in [6.45, 7) is 0. The lowest BCUT2D eigenvalue weighted by Crippen LogP contribution is -2.13. The van der Waals surface area contributed by atoms with Crippen LogP contribution in [0.5, 0.6) is 0 Å². The first kappa shape index (κ1) is 23.7. The molecule has 0 spiro atoms. The molecular formula is C25H18F3N3O4. The fourth-order valence-corrected chi connectivity index (χ4v) is 3.38. The Kier molecular flexibility index (Phi) is 6.63. The quantitative estimate of drug-likeness (QED) is 0.341. The van der Waals surface area contributed by atoms with Crippen molar-refractivity contribution in [2.24, 2.45) is 0 Å². The number of anilines is 1. The van der Waals surface area contributed by atoms with Crippen molar-refractivity contribution in [3.63, 3.8) is 0 Å². The van der Waals surface area contributed by atoms with Crippen LogP contribution in [0, 0.1) is 0 Å². The summed E-state index contributed by atoms with van der Waals surface area (Å²) in [5.74, 6) is -1.50. The molecule has 0 aliphatic rings. The van der Waals surface area contributed by atoms with Crippen LogP contribution in [0.1, 0.15) is 18.4 Å². The summed E-state index contributed by atoms with van der Waals surface area (Å²) < 4.78 is 47.0. The second-order valence-electron chi connectivity index (χ2n) is 7.56. The van der Waals surface area contributed by atoms with E-state index in [0.29, 0.717) is 16.8 Å². The molecule has 1 amide bonds. The van der Waals surface area contributed by atoms with Crippen molar-refractivity contribution in [3.05, 3.63) is 78.4 Å². The van der Waals surface area contributed by atoms with Crippen molar-refractivity contribution in [1.29, 1.82) is 0 Å². The number of rotatable bonds is 7. The van der Waals surface area contributed by atoms with Crippen LogP contribution in [-0.4, -0.2) is 27.2 Å². The van der Waals surface area contributed by atoms with Gasteiger partial charge in [-0.1, -0.05) is 36.4 Å². The van der Waals surface area contributed by atoms with E-state index < -0.39 is 23.6 Å². The molecule has 178 valence electrons. The van der Waals surface area contributed by atoms with E-state index >= 15 is 0 Å². The third-order valence-electron chi connectivity index (χ3n) is 5.06. The second-order valence-corrected chi connectivity index (χ2v) is 7.56. The van der Waals surface area contributed by atoms with E-state index in [9.17, 15) is 22.8 Å². The largest absolute Gasteiger partial charge is 0.481 e. The lowest BCUT2D eigenvalue weighted by molar-refractivity contribution is -0.138. The number of aliphatic carboxylic acids is 1. The van der Waals surface area contributed by atoms with Crippen molar-refractivity contribution in [1.82, 2.24) is 10.2 Å². The number of carboxylic acid groups (broad SMARTS) is 1. The number of carbonyl (C=O) groups excluding carboxylic acids is 1. The van der Waals surface area contributed by atoms with E-state index in [1.807, 2.05) is 0 Å². The summed E-state index contributed by atoms with van der Waals surface area (Å²) in [5, 5.41) is 19.0. The number of alkyl halides is 3. The van der Waals surface area contributed by atoms with Gasteiger partial charge in [0.15, 0.2) is 0 Å². The molecule has 10 heteroatoms. The standard InChI is InChI=1S/C25H18F3N3O4/c26-25(27,28)20-14-17(8-11-19(20)15-4-2-1-3-5-15)24-31-30-23(35-24)16-6-9-18(10-7-16)29-21(32)12-13-22(33)34/h1-11,14H,12-13H2,(H,29,32)(H,33,34). The third-order valence-corrected chi connectivity index (χ3v) is 5.06. The molecule has 7 nitrogen and oxygen atoms in total. The SMILES string of the molecule is O=C(O)CCC(=O)Nc1ccc(-c2nnc(-c3ccc(-c4ccccc4)c(C(F)(F)F)c3)o2)cc1. The van der Waals surface area contributed by atoms with Crippen molar-refractivity contribution in [2.45, 2.75) is 19.0 Å². The molecule has 0 atom stereocenters. The average molecular weight is 481 g/mol. The molecule has 4 aromatic rings. The van der Waals surface area contributed by atoms with E-state index in [0.717, 1.165) is 6.07 Å². The highest BCUT2D eigenvalue weighted by atomic mass is 19.4. The average Bonchev–Trinajstić information content (AvgIpc) is 3.33. The highest BCUT2D eigenvalue weighted by molar-refractivity contribution is 5.92. The lowest BCUT2D eigenvalue weighted by atomic mass is 9.97. The number of carboxylic acids is 1. The van der Waals surface area contributed by atoms with Crippen molar-refractivity contribution < 1.29 is 32.3 Å². The molecule has 0 radical (unpaired) electrons. The number of hydrogen-bond acceptors (Lipinski definition) is 5. The minimum atomic E-state index is -4.59. The van der Waals surface area contributed by atoms with Crippen LogP contribution >= 0.6 is 0 Å². The Morgan fingerprint density at radius 3 is 2.09 bits per heavy atom. The maximum absolute atomic E-state index is 13.8. The van der Waals surface area contributed by atoms with Crippen LogP contribution in [-0.2, 0) is 15.8 Å². The Morgan fingerprint density at radius 2 is 1.46 bits per heavy atom. The first-order valence-corrected chi connectivity index (χ1v) is 10.4. The summed E-state index contributed by atoms with van der Waals surface area (Å²) in [5.41, 5.74) is 0.719. The van der Waals surface area contributed by atoms with Gasteiger partial charge in [0.25, 0.3) is 0 Å². The summed E-state index contributed by atoms with van der Waals surface area (Å²) in [7, 11) is 0. The van der Waals surface area contributed by atoms with Gasteiger partial charge >= 0.3 is 12.1 Å². The van der Waals surface area contributed by atoms with Gasteiger partial charge in [-0.2, -0.15) is 13.2 Å². The van der Waals surface area contributed by atoms with E-state index in [-0.39, 0.29) is 35.7 Å². The number of hydrogen-bond donors (Lipinski definition) is 2. The topological polar surface area (TPSA) is 105 Å². The van der Waals surface area contributed by atoms with Gasteiger partial charge in [0.05, 0.1) is 12.0 Å². The summed E-state index contributed by atoms with van der Waals surface area (Å²) in [6.07, 6.45) is -5.03. The van der Waals surface area contributed by atoms with Crippen molar-refractivity contribution >= 4 is 17.6 Å². The Balaban J connectivity index is 1.55. The number of nitrogens with zero attached hydrogens (tertiary/aromatic N) is 2. The smallest absolute Gasteiger partial charge is 0.417 e. The van der Waals surface area contributed by atoms with Gasteiger partial charge in [-0.05, 0) is 47.5 Å². The predicted octanol–water partition coefficient (Wildman–Crippen LogP) is 5.89. The van der Waals surface area contributed by atoms with Crippen LogP contribution in [0.15, 0.2) is 77.2 Å². The summed E-state index contributed by atoms with van der Waals surface area (Å²) in [4.78, 5) is 22.3. The highest BCUT2D eigenvalue weighted by Crippen LogP contribution is 2.39. The minimum Gasteiger partial charge on any atom is -0.481 e. The number of halogens is 3. The zero-order chi connectivity index (χ0) is 25.0. The van der Waals surface area contributed by atoms with Crippen LogP contribution in [0.4, 0.5) is 18.9 Å². The fourth-order valence-electron chi connectivity index (χ4n) is 3.38. The Bertz CT molecular complexity index is 1350. The van der Waals surface area contributed by atoms with Crippen LogP contribution in [0.2, 0.25) is 0 Å². The molecule has 0 aliphatic heterocycles. The van der Waals surface area contributed by atoms with Crippen molar-refractivity contribution in [2.75, 3.05) is 5.32 Å². The first-order chi connectivity index (χ1) is 16.7. The molecule has 1 aromatic heterocycles. The van der Waals surface area contributed by atoms with Gasteiger partial charge < -0.3 is 14.8 Å². The van der Waals surface area contributed by atoms with Gasteiger partial charge in [0.2, 0.25) is 17.7 Å². The molecule has 0 bridgehead atoms. The lowest BCUT2D eigenvalue weighted by Gasteiger charge is -2.14. The maximum Gasteiger partial charge on any atom is 0.417 e. The monoisotopic (exact) mass is 481 g/mol. The molecule has 0 saturated carbocycles. The maximum atomic E-state index is 13.8. The summed E-state index contributed by atoms with van der Waals surface area (Å²) >= 11 is 0. The Hall–Kier alpha value is -4.47. The van der Waals surface area contributed by atoms with Crippen molar-refractivity contribution in [3.8, 4) is 34.0 Å². The second kappa shape index (κ2) is 9.80. The molecule has 3 aromatic carbocycles. The van der Waals surface area contributed by atoms with Crippen LogP contribution in [0.25, 0.3) is 34.0 Å². The Morgan fingerprint density at radius 1 is 0.829 bits per heavy atom. The van der Waals surface area contributed by atoms with Gasteiger partial charge in [-0.3, -0.25) is 9.59 Å². The molecular weight excluding hydrogens is 463 g/mol. The molecule has 2 N–H and O–H groups in total. The molecule has 0 saturated heterocycles. The van der Waals surface area contributed by atoms with E-state index in [4.69, 9.17) is 9.52 Å². The summed E-state index contributed by atoms with van der Waals surface area (Å²) in [6, 6.07) is 18.4. The third kappa shape index (κ3) is 5.72. The number of nitrogens with one attached hydrogen (secondary N) is 1. The van der Waals surface area contributed by atoms with Gasteiger partial charge in [-0.25, -0.2) is 0 Å². The number of amides is 1. The number of benzene rings is 3. The number of aromatic nitrogens is 2. The van der Waals surface area contributed by atoms with Gasteiger partial charge in [0, 0.05) is 23.2 Å². The first-order valence-electron chi connectivity index (χ1n) is 10.4. The van der Waals surface area contributed by atoms with E-state index in [2.05, 4.69) is 15.5 Å². The molecule has 1 heterocycles. The molecule has 0 fully saturated rings. The molecule has 0 unspecified atom stereocenters. The van der Waals surface area contributed by atoms with Crippen LogP contribution in [0.3, 0.4) is 0 Å². The van der Waals surface area contributed by atoms with E-state index in [1.165, 1.54) is 12.1 Å². The van der Waals surface area contributed by atoms with Crippen LogP contribution < -0.4 is 5.32 Å². The van der Waals surface area contributed by atoms with Gasteiger partial charge in [-0.15, -0.1) is 10.2 Å². The molecule has 0 aliphatic carbocycles. The normalized spacial score (nSPS) is 11.3. The Labute approximate surface area is 197 Å². The fraction of sp³-hybridized carbons (Fsp3) is 0.120. The molecule has 4 rings (SSSR count). The minimum absolute atomic E-state index is 0.0441. The molecule has 35 heavy (non-hydrogen) atoms. The zero-order valence-corrected chi connectivity index (χ0v) is 18.0. The van der Waals surface area contributed by atoms with E-state index in [1.54, 1.807) is 54.6 Å². The number of carbonyl (C=O) groups is 2. The van der Waals surface area contributed by atoms with Gasteiger partial charge in [0.1, 0.15) is 0 Å². The highest BCUT2D eigenvalue weighted by Gasteiger charge is 2.34. The zero-order valence-electron chi connectivity index (χ0n) is 18.0.